The first-order valence-corrected chi connectivity index (χ1v) is 14.9. The van der Waals surface area contributed by atoms with Crippen LogP contribution in [0, 0.1) is 5.92 Å². The van der Waals surface area contributed by atoms with Crippen LogP contribution in [0.5, 0.6) is 0 Å². The molecule has 3 aromatic carbocycles. The molecule has 0 unspecified atom stereocenters. The van der Waals surface area contributed by atoms with Gasteiger partial charge in [-0.3, -0.25) is 9.59 Å². The number of nitrogens with zero attached hydrogens (tertiary/aromatic N) is 2. The molecule has 5 rings (SSSR count). The maximum atomic E-state index is 14.7. The van der Waals surface area contributed by atoms with Gasteiger partial charge in [0, 0.05) is 19.0 Å². The predicted octanol–water partition coefficient (Wildman–Crippen LogP) is 8.36. The van der Waals surface area contributed by atoms with Crippen molar-refractivity contribution >= 4 is 17.9 Å². The molecule has 46 heavy (non-hydrogen) atoms. The van der Waals surface area contributed by atoms with Crippen molar-refractivity contribution < 1.29 is 45.5 Å². The molecule has 1 saturated carbocycles. The van der Waals surface area contributed by atoms with Crippen molar-refractivity contribution in [2.24, 2.45) is 5.92 Å². The Labute approximate surface area is 261 Å². The van der Waals surface area contributed by atoms with Gasteiger partial charge in [-0.2, -0.15) is 26.3 Å². The average Bonchev–Trinajstić information content (AvgIpc) is 3.82. The van der Waals surface area contributed by atoms with E-state index in [0.717, 1.165) is 35.2 Å². The minimum atomic E-state index is -4.98. The van der Waals surface area contributed by atoms with Crippen LogP contribution in [0.1, 0.15) is 73.5 Å². The van der Waals surface area contributed by atoms with Crippen LogP contribution in [0.25, 0.3) is 11.1 Å². The first-order valence-electron chi connectivity index (χ1n) is 14.9. The van der Waals surface area contributed by atoms with Gasteiger partial charge in [0.2, 0.25) is 11.8 Å². The molecule has 244 valence electrons. The predicted molar refractivity (Wildman–Crippen MR) is 156 cm³/mol. The van der Waals surface area contributed by atoms with Crippen molar-refractivity contribution in [2.75, 3.05) is 6.54 Å². The van der Waals surface area contributed by atoms with Crippen molar-refractivity contribution in [3.8, 4) is 11.1 Å². The fraction of sp³-hybridized carbons (Fsp3) is 0.382. The number of hydrogen-bond donors (Lipinski definition) is 0. The Kier molecular flexibility index (Phi) is 8.94. The highest BCUT2D eigenvalue weighted by molar-refractivity contribution is 5.98. The fourth-order valence-corrected chi connectivity index (χ4v) is 6.01. The van der Waals surface area contributed by atoms with Gasteiger partial charge in [-0.25, -0.2) is 9.69 Å². The molecule has 1 heterocycles. The van der Waals surface area contributed by atoms with Crippen LogP contribution in [0.4, 0.5) is 31.1 Å². The molecular weight excluding hydrogens is 614 g/mol. The summed E-state index contributed by atoms with van der Waals surface area (Å²) < 4.78 is 90.6. The summed E-state index contributed by atoms with van der Waals surface area (Å²) in [6, 6.07) is 13.6. The summed E-state index contributed by atoms with van der Waals surface area (Å²) in [6.07, 6.45) is -10.4. The van der Waals surface area contributed by atoms with E-state index in [9.17, 15) is 40.7 Å². The molecular formula is C34H32F6N2O4. The zero-order chi connectivity index (χ0) is 33.6. The number of ether oxygens (including phenoxy) is 1. The van der Waals surface area contributed by atoms with Crippen LogP contribution in [0.15, 0.2) is 66.7 Å². The maximum absolute atomic E-state index is 14.7. The average molecular weight is 647 g/mol. The summed E-state index contributed by atoms with van der Waals surface area (Å²) in [5.41, 5.74) is -2.27. The molecule has 2 fully saturated rings. The molecule has 1 aliphatic carbocycles. The van der Waals surface area contributed by atoms with Crippen LogP contribution in [0.2, 0.25) is 0 Å². The van der Waals surface area contributed by atoms with E-state index in [0.29, 0.717) is 18.4 Å². The van der Waals surface area contributed by atoms with Gasteiger partial charge in [0.15, 0.2) is 0 Å². The van der Waals surface area contributed by atoms with E-state index in [-0.39, 0.29) is 41.6 Å². The van der Waals surface area contributed by atoms with Crippen molar-refractivity contribution in [1.82, 2.24) is 9.80 Å². The Morgan fingerprint density at radius 1 is 0.957 bits per heavy atom. The van der Waals surface area contributed by atoms with Gasteiger partial charge in [0.1, 0.15) is 6.10 Å². The highest BCUT2D eigenvalue weighted by Crippen LogP contribution is 2.44. The molecule has 3 atom stereocenters. The first-order chi connectivity index (χ1) is 21.6. The minimum Gasteiger partial charge on any atom is -0.439 e. The van der Waals surface area contributed by atoms with E-state index in [1.807, 2.05) is 0 Å². The van der Waals surface area contributed by atoms with Crippen LogP contribution in [0.3, 0.4) is 0 Å². The van der Waals surface area contributed by atoms with E-state index in [1.54, 1.807) is 44.2 Å². The third-order valence-corrected chi connectivity index (χ3v) is 8.57. The zero-order valence-corrected chi connectivity index (χ0v) is 25.3. The van der Waals surface area contributed by atoms with Crippen molar-refractivity contribution in [1.29, 1.82) is 0 Å². The van der Waals surface area contributed by atoms with E-state index in [1.165, 1.54) is 17.9 Å². The van der Waals surface area contributed by atoms with Gasteiger partial charge in [-0.15, -0.1) is 0 Å². The van der Waals surface area contributed by atoms with E-state index >= 15 is 0 Å². The van der Waals surface area contributed by atoms with Crippen LogP contribution < -0.4 is 0 Å². The molecule has 0 bridgehead atoms. The Morgan fingerprint density at radius 3 is 2.22 bits per heavy atom. The first kappa shape index (κ1) is 33.0. The zero-order valence-electron chi connectivity index (χ0n) is 25.3. The third-order valence-electron chi connectivity index (χ3n) is 8.57. The second-order valence-corrected chi connectivity index (χ2v) is 11.6. The Bertz CT molecular complexity index is 1630. The molecule has 12 heteroatoms. The number of benzene rings is 3. The summed E-state index contributed by atoms with van der Waals surface area (Å²) in [6.45, 7) is 4.15. The Balaban J connectivity index is 1.67. The van der Waals surface area contributed by atoms with E-state index < -0.39 is 59.1 Å². The lowest BCUT2D eigenvalue weighted by Gasteiger charge is -2.30. The lowest BCUT2D eigenvalue weighted by Crippen LogP contribution is -2.41. The lowest BCUT2D eigenvalue weighted by molar-refractivity contribution is -0.139. The van der Waals surface area contributed by atoms with E-state index in [4.69, 9.17) is 4.74 Å². The van der Waals surface area contributed by atoms with Crippen LogP contribution >= 0.6 is 0 Å². The van der Waals surface area contributed by atoms with E-state index in [2.05, 4.69) is 0 Å². The van der Waals surface area contributed by atoms with Gasteiger partial charge >= 0.3 is 18.4 Å². The Morgan fingerprint density at radius 2 is 1.63 bits per heavy atom. The van der Waals surface area contributed by atoms with Gasteiger partial charge in [-0.05, 0) is 79.6 Å². The molecule has 0 aromatic heterocycles. The molecule has 3 aromatic rings. The highest BCUT2D eigenvalue weighted by Gasteiger charge is 2.47. The number of halogens is 6. The topological polar surface area (TPSA) is 66.9 Å². The fourth-order valence-electron chi connectivity index (χ4n) is 6.01. The number of imide groups is 1. The second-order valence-electron chi connectivity index (χ2n) is 11.6. The smallest absolute Gasteiger partial charge is 0.417 e. The number of amides is 3. The molecule has 0 radical (unpaired) electrons. The van der Waals surface area contributed by atoms with Crippen LogP contribution in [-0.4, -0.2) is 40.3 Å². The van der Waals surface area contributed by atoms with Crippen molar-refractivity contribution in [2.45, 2.75) is 70.6 Å². The van der Waals surface area contributed by atoms with Gasteiger partial charge in [0.05, 0.1) is 23.1 Å². The molecule has 3 amide bonds. The number of rotatable bonds is 8. The SMILES string of the molecule is CCN(Cc1c(-c2cccc(C(F)(F)F)c2)ccc(C(F)(F)F)c1[C@@H](C)C(=O)N1C(=O)O[C@@H](c2ccccc2)[C@H]1C)C(=O)C1CC1. The monoisotopic (exact) mass is 646 g/mol. The lowest BCUT2D eigenvalue weighted by atomic mass is 9.84. The quantitative estimate of drug-likeness (QED) is 0.231. The third kappa shape index (κ3) is 6.47. The highest BCUT2D eigenvalue weighted by atomic mass is 19.4. The molecule has 1 aliphatic heterocycles. The largest absolute Gasteiger partial charge is 0.439 e. The second kappa shape index (κ2) is 12.4. The molecule has 1 saturated heterocycles. The molecule has 6 nitrogen and oxygen atoms in total. The molecule has 0 N–H and O–H groups in total. The summed E-state index contributed by atoms with van der Waals surface area (Å²) in [4.78, 5) is 42.4. The van der Waals surface area contributed by atoms with Crippen molar-refractivity contribution in [3.05, 3.63) is 94.5 Å². The summed E-state index contributed by atoms with van der Waals surface area (Å²) in [5.74, 6) is -3.15. The number of carbonyl (C=O) groups is 3. The number of alkyl halides is 6. The number of cyclic esters (lactones) is 1. The minimum absolute atomic E-state index is 0.00926. The summed E-state index contributed by atoms with van der Waals surface area (Å²) in [7, 11) is 0. The number of carbonyl (C=O) groups excluding carboxylic acids is 3. The molecule has 2 aliphatic rings. The summed E-state index contributed by atoms with van der Waals surface area (Å²) >= 11 is 0. The van der Waals surface area contributed by atoms with Gasteiger partial charge in [-0.1, -0.05) is 48.5 Å². The van der Waals surface area contributed by atoms with Crippen LogP contribution in [-0.2, 0) is 33.2 Å². The standard InChI is InChI=1S/C34H32F6N2O4/c1-4-41(31(44)22-13-14-22)18-26-25(23-11-8-12-24(17-23)33(35,36)37)15-16-27(34(38,39)40)28(26)19(2)30(43)42-20(3)29(46-32(42)45)21-9-6-5-7-10-21/h5-12,15-17,19-20,22,29H,4,13-14,18H2,1-3H3/t19-,20-,29-/m1/s1. The normalized spacial score (nSPS) is 19.2. The summed E-state index contributed by atoms with van der Waals surface area (Å²) in [5, 5.41) is 0. The van der Waals surface area contributed by atoms with Gasteiger partial charge < -0.3 is 9.64 Å². The molecule has 0 spiro atoms. The maximum Gasteiger partial charge on any atom is 0.417 e. The van der Waals surface area contributed by atoms with Crippen molar-refractivity contribution in [3.63, 3.8) is 0 Å². The van der Waals surface area contributed by atoms with Gasteiger partial charge in [0.25, 0.3) is 0 Å². The number of hydrogen-bond acceptors (Lipinski definition) is 4. The Hall–Kier alpha value is -4.35.